The van der Waals surface area contributed by atoms with E-state index in [9.17, 15) is 0 Å². The third-order valence-corrected chi connectivity index (χ3v) is 2.70. The van der Waals surface area contributed by atoms with Crippen molar-refractivity contribution in [3.63, 3.8) is 0 Å². The average molecular weight is 191 g/mol. The van der Waals surface area contributed by atoms with E-state index in [0.717, 1.165) is 19.8 Å². The van der Waals surface area contributed by atoms with Crippen LogP contribution in [-0.4, -0.2) is 37.3 Å². The van der Waals surface area contributed by atoms with Crippen LogP contribution >= 0.6 is 11.8 Å². The highest BCUT2D eigenvalue weighted by Gasteiger charge is 2.03. The van der Waals surface area contributed by atoms with Crippen LogP contribution in [0.5, 0.6) is 0 Å². The summed E-state index contributed by atoms with van der Waals surface area (Å²) in [4.78, 5) is 0. The van der Waals surface area contributed by atoms with E-state index < -0.39 is 0 Å². The molecular weight excluding hydrogens is 170 g/mol. The monoisotopic (exact) mass is 191 g/mol. The van der Waals surface area contributed by atoms with Crippen molar-refractivity contribution in [1.82, 2.24) is 5.32 Å². The van der Waals surface area contributed by atoms with E-state index >= 15 is 0 Å². The third-order valence-electron chi connectivity index (χ3n) is 1.73. The predicted octanol–water partition coefficient (Wildman–Crippen LogP) is 1.75. The van der Waals surface area contributed by atoms with Crippen LogP contribution in [0.4, 0.5) is 0 Å². The van der Waals surface area contributed by atoms with Crippen molar-refractivity contribution in [3.05, 3.63) is 0 Å². The number of rotatable bonds is 7. The molecule has 0 aliphatic rings. The first-order valence-corrected chi connectivity index (χ1v) is 5.83. The molecule has 0 aliphatic carbocycles. The van der Waals surface area contributed by atoms with Gasteiger partial charge in [0.2, 0.25) is 0 Å². The Kier molecular flexibility index (Phi) is 8.07. The second-order valence-corrected chi connectivity index (χ2v) is 4.29. The third kappa shape index (κ3) is 6.95. The molecule has 1 N–H and O–H groups in total. The summed E-state index contributed by atoms with van der Waals surface area (Å²) in [5, 5.41) is 4.11. The summed E-state index contributed by atoms with van der Waals surface area (Å²) in [6.45, 7) is 9.10. The molecule has 0 aliphatic heterocycles. The highest BCUT2D eigenvalue weighted by atomic mass is 32.2. The lowest BCUT2D eigenvalue weighted by molar-refractivity contribution is 0.127. The summed E-state index contributed by atoms with van der Waals surface area (Å²) in [7, 11) is 0. The van der Waals surface area contributed by atoms with E-state index in [0.29, 0.717) is 11.3 Å². The molecule has 74 valence electrons. The van der Waals surface area contributed by atoms with Gasteiger partial charge in [-0.2, -0.15) is 11.8 Å². The minimum atomic E-state index is 0.472. The molecule has 2 atom stereocenters. The van der Waals surface area contributed by atoms with Crippen molar-refractivity contribution in [2.75, 3.05) is 26.0 Å². The van der Waals surface area contributed by atoms with Gasteiger partial charge in [0.05, 0.1) is 6.61 Å². The van der Waals surface area contributed by atoms with Gasteiger partial charge in [0.15, 0.2) is 0 Å². The highest BCUT2D eigenvalue weighted by Crippen LogP contribution is 2.02. The van der Waals surface area contributed by atoms with E-state index in [4.69, 9.17) is 4.74 Å². The lowest BCUT2D eigenvalue weighted by Crippen LogP contribution is -2.34. The second-order valence-electron chi connectivity index (χ2n) is 3.02. The van der Waals surface area contributed by atoms with Crippen molar-refractivity contribution in [2.24, 2.45) is 0 Å². The Bertz CT molecular complexity index is 101. The fourth-order valence-electron chi connectivity index (χ4n) is 0.804. The van der Waals surface area contributed by atoms with Gasteiger partial charge in [-0.05, 0) is 20.1 Å². The summed E-state index contributed by atoms with van der Waals surface area (Å²) in [6.07, 6.45) is 2.14. The maximum Gasteiger partial charge on any atom is 0.0616 e. The molecule has 12 heavy (non-hydrogen) atoms. The van der Waals surface area contributed by atoms with Crippen molar-refractivity contribution in [1.29, 1.82) is 0 Å². The quantitative estimate of drug-likeness (QED) is 0.662. The van der Waals surface area contributed by atoms with E-state index in [2.05, 4.69) is 25.4 Å². The van der Waals surface area contributed by atoms with Crippen LogP contribution < -0.4 is 5.32 Å². The maximum atomic E-state index is 5.29. The first-order valence-electron chi connectivity index (χ1n) is 4.54. The average Bonchev–Trinajstić information content (AvgIpc) is 2.10. The standard InChI is InChI=1S/C9H21NOS/c1-5-11-7-8(2)10-6-9(3)12-4/h8-10H,5-7H2,1-4H3. The van der Waals surface area contributed by atoms with Crippen molar-refractivity contribution in [2.45, 2.75) is 32.1 Å². The van der Waals surface area contributed by atoms with Gasteiger partial charge in [0.25, 0.3) is 0 Å². The van der Waals surface area contributed by atoms with Crippen LogP contribution in [0.2, 0.25) is 0 Å². The van der Waals surface area contributed by atoms with Crippen molar-refractivity contribution >= 4 is 11.8 Å². The summed E-state index contributed by atoms with van der Waals surface area (Å²) in [6, 6.07) is 0.472. The number of hydrogen-bond donors (Lipinski definition) is 1. The molecule has 0 rings (SSSR count). The van der Waals surface area contributed by atoms with Crippen LogP contribution in [0, 0.1) is 0 Å². The Balaban J connectivity index is 3.24. The van der Waals surface area contributed by atoms with Gasteiger partial charge in [-0.3, -0.25) is 0 Å². The molecule has 0 amide bonds. The van der Waals surface area contributed by atoms with Crippen LogP contribution in [-0.2, 0) is 4.74 Å². The Morgan fingerprint density at radius 3 is 2.58 bits per heavy atom. The lowest BCUT2D eigenvalue weighted by Gasteiger charge is -2.16. The van der Waals surface area contributed by atoms with Gasteiger partial charge in [-0.25, -0.2) is 0 Å². The lowest BCUT2D eigenvalue weighted by atomic mass is 10.3. The Morgan fingerprint density at radius 1 is 1.42 bits per heavy atom. The minimum absolute atomic E-state index is 0.472. The largest absolute Gasteiger partial charge is 0.380 e. The zero-order valence-corrected chi connectivity index (χ0v) is 9.41. The number of nitrogens with one attached hydrogen (secondary N) is 1. The Labute approximate surface area is 80.4 Å². The molecule has 0 heterocycles. The number of hydrogen-bond acceptors (Lipinski definition) is 3. The normalized spacial score (nSPS) is 16.0. The molecule has 0 saturated carbocycles. The molecule has 2 unspecified atom stereocenters. The van der Waals surface area contributed by atoms with Crippen LogP contribution in [0.15, 0.2) is 0 Å². The minimum Gasteiger partial charge on any atom is -0.380 e. The zero-order valence-electron chi connectivity index (χ0n) is 8.59. The molecule has 2 nitrogen and oxygen atoms in total. The molecule has 0 fully saturated rings. The molecule has 0 aromatic carbocycles. The molecule has 0 aromatic heterocycles. The van der Waals surface area contributed by atoms with Crippen LogP contribution in [0.3, 0.4) is 0 Å². The summed E-state index contributed by atoms with van der Waals surface area (Å²) < 4.78 is 5.29. The molecule has 0 saturated heterocycles. The first kappa shape index (κ1) is 12.3. The summed E-state index contributed by atoms with van der Waals surface area (Å²) in [5.41, 5.74) is 0. The topological polar surface area (TPSA) is 21.3 Å². The smallest absolute Gasteiger partial charge is 0.0616 e. The molecular formula is C9H21NOS. The molecule has 0 spiro atoms. The van der Waals surface area contributed by atoms with E-state index in [1.807, 2.05) is 18.7 Å². The molecule has 0 aromatic rings. The van der Waals surface area contributed by atoms with Gasteiger partial charge >= 0.3 is 0 Å². The molecule has 0 radical (unpaired) electrons. The van der Waals surface area contributed by atoms with Gasteiger partial charge in [-0.15, -0.1) is 0 Å². The summed E-state index contributed by atoms with van der Waals surface area (Å²) >= 11 is 1.89. The predicted molar refractivity (Wildman–Crippen MR) is 56.9 cm³/mol. The van der Waals surface area contributed by atoms with Gasteiger partial charge in [0.1, 0.15) is 0 Å². The fraction of sp³-hybridized carbons (Fsp3) is 1.00. The first-order chi connectivity index (χ1) is 5.70. The van der Waals surface area contributed by atoms with Crippen LogP contribution in [0.1, 0.15) is 20.8 Å². The van der Waals surface area contributed by atoms with Crippen molar-refractivity contribution in [3.8, 4) is 0 Å². The SMILES string of the molecule is CCOCC(C)NCC(C)SC. The van der Waals surface area contributed by atoms with E-state index in [1.165, 1.54) is 0 Å². The van der Waals surface area contributed by atoms with E-state index in [-0.39, 0.29) is 0 Å². The second kappa shape index (κ2) is 7.90. The van der Waals surface area contributed by atoms with Gasteiger partial charge in [0, 0.05) is 24.4 Å². The zero-order chi connectivity index (χ0) is 9.40. The van der Waals surface area contributed by atoms with Crippen molar-refractivity contribution < 1.29 is 4.74 Å². The molecule has 3 heteroatoms. The highest BCUT2D eigenvalue weighted by molar-refractivity contribution is 7.99. The van der Waals surface area contributed by atoms with Gasteiger partial charge in [-0.1, -0.05) is 6.92 Å². The number of ether oxygens (including phenoxy) is 1. The fourth-order valence-corrected chi connectivity index (χ4v) is 1.07. The maximum absolute atomic E-state index is 5.29. The Morgan fingerprint density at radius 2 is 2.08 bits per heavy atom. The Hall–Kier alpha value is 0.270. The number of thioether (sulfide) groups is 1. The van der Waals surface area contributed by atoms with E-state index in [1.54, 1.807) is 0 Å². The van der Waals surface area contributed by atoms with Crippen LogP contribution in [0.25, 0.3) is 0 Å². The summed E-state index contributed by atoms with van der Waals surface area (Å²) in [5.74, 6) is 0. The van der Waals surface area contributed by atoms with Gasteiger partial charge < -0.3 is 10.1 Å². The molecule has 0 bridgehead atoms.